The highest BCUT2D eigenvalue weighted by Gasteiger charge is 2.07. The van der Waals surface area contributed by atoms with Gasteiger partial charge in [0.15, 0.2) is 0 Å². The van der Waals surface area contributed by atoms with E-state index in [1.165, 1.54) is 0 Å². The van der Waals surface area contributed by atoms with Gasteiger partial charge in [-0.15, -0.1) is 22.9 Å². The second-order valence-corrected chi connectivity index (χ2v) is 5.83. The molecule has 2 aromatic carbocycles. The normalized spacial score (nSPS) is 12.0. The average Bonchev–Trinajstić information content (AvgIpc) is 2.90. The Balaban J connectivity index is 2.04. The number of nitrogens with two attached hydrogens (primary N) is 2. The lowest BCUT2D eigenvalue weighted by Gasteiger charge is -1.99. The van der Waals surface area contributed by atoms with Crippen LogP contribution in [0, 0.1) is 0 Å². The van der Waals surface area contributed by atoms with E-state index in [4.69, 9.17) is 23.1 Å². The first-order chi connectivity index (χ1) is 10.2. The van der Waals surface area contributed by atoms with Crippen molar-refractivity contribution in [3.05, 3.63) is 42.5 Å². The number of halogens is 1. The zero-order valence-electron chi connectivity index (χ0n) is 11.1. The Kier molecular flexibility index (Phi) is 3.77. The number of thiazole rings is 1. The van der Waals surface area contributed by atoms with Crippen LogP contribution in [0.3, 0.4) is 0 Å². The van der Waals surface area contributed by atoms with Crippen molar-refractivity contribution >= 4 is 50.4 Å². The average molecular weight is 317 g/mol. The lowest BCUT2D eigenvalue weighted by atomic mass is 10.2. The molecular weight excluding hydrogens is 304 g/mol. The molecule has 4 nitrogen and oxygen atoms in total. The lowest BCUT2D eigenvalue weighted by molar-refractivity contribution is 1.43. The second-order valence-electron chi connectivity index (χ2n) is 4.53. The van der Waals surface area contributed by atoms with Gasteiger partial charge in [0.1, 0.15) is 10.8 Å². The number of hydrogen-bond donors (Lipinski definition) is 2. The third-order valence-corrected chi connectivity index (χ3v) is 4.26. The number of alkyl halides is 1. The van der Waals surface area contributed by atoms with Crippen molar-refractivity contribution in [2.75, 3.05) is 11.6 Å². The SMILES string of the molecule is NC(CCl)=Nc1cccc(-c2nc3ccc(N)cc3s2)c1. The Morgan fingerprint density at radius 1 is 1.24 bits per heavy atom. The molecule has 0 saturated carbocycles. The molecule has 0 aliphatic heterocycles. The van der Waals surface area contributed by atoms with Crippen LogP contribution in [0.1, 0.15) is 0 Å². The van der Waals surface area contributed by atoms with Gasteiger partial charge in [0.05, 0.1) is 21.8 Å². The molecule has 3 aromatic rings. The molecule has 21 heavy (non-hydrogen) atoms. The molecule has 0 saturated heterocycles. The van der Waals surface area contributed by atoms with Crippen LogP contribution in [0.15, 0.2) is 47.5 Å². The number of amidine groups is 1. The van der Waals surface area contributed by atoms with Crippen molar-refractivity contribution in [1.82, 2.24) is 4.98 Å². The Bertz CT molecular complexity index is 825. The number of fused-ring (bicyclic) bond motifs is 1. The predicted molar refractivity (Wildman–Crippen MR) is 91.5 cm³/mol. The summed E-state index contributed by atoms with van der Waals surface area (Å²) in [6.07, 6.45) is 0. The smallest absolute Gasteiger partial charge is 0.124 e. The first-order valence-corrected chi connectivity index (χ1v) is 7.66. The maximum Gasteiger partial charge on any atom is 0.124 e. The van der Waals surface area contributed by atoms with Crippen LogP contribution in [0.4, 0.5) is 11.4 Å². The van der Waals surface area contributed by atoms with E-state index in [0.717, 1.165) is 32.2 Å². The molecule has 3 rings (SSSR count). The topological polar surface area (TPSA) is 77.3 Å². The van der Waals surface area contributed by atoms with Gasteiger partial charge in [-0.1, -0.05) is 12.1 Å². The molecule has 6 heteroatoms. The number of nitrogen functional groups attached to an aromatic ring is 1. The predicted octanol–water partition coefficient (Wildman–Crippen LogP) is 3.77. The maximum absolute atomic E-state index is 5.80. The number of aromatic nitrogens is 1. The molecule has 106 valence electrons. The van der Waals surface area contributed by atoms with Crippen molar-refractivity contribution in [2.45, 2.75) is 0 Å². The third-order valence-electron chi connectivity index (χ3n) is 2.92. The van der Waals surface area contributed by atoms with Gasteiger partial charge in [-0.2, -0.15) is 0 Å². The summed E-state index contributed by atoms with van der Waals surface area (Å²) >= 11 is 7.25. The fourth-order valence-corrected chi connectivity index (χ4v) is 3.04. The van der Waals surface area contributed by atoms with Gasteiger partial charge in [0, 0.05) is 11.3 Å². The zero-order valence-corrected chi connectivity index (χ0v) is 12.7. The molecular formula is C15H13ClN4S. The summed E-state index contributed by atoms with van der Waals surface area (Å²) in [6, 6.07) is 13.5. The minimum Gasteiger partial charge on any atom is -0.399 e. The van der Waals surface area contributed by atoms with Crippen molar-refractivity contribution < 1.29 is 0 Å². The molecule has 0 radical (unpaired) electrons. The molecule has 0 aliphatic rings. The van der Waals surface area contributed by atoms with Crippen LogP contribution in [-0.2, 0) is 0 Å². The largest absolute Gasteiger partial charge is 0.399 e. The Morgan fingerprint density at radius 2 is 2.10 bits per heavy atom. The molecule has 0 amide bonds. The van der Waals surface area contributed by atoms with Gasteiger partial charge in [0.2, 0.25) is 0 Å². The van der Waals surface area contributed by atoms with Crippen LogP contribution >= 0.6 is 22.9 Å². The minimum atomic E-state index is 0.213. The monoisotopic (exact) mass is 316 g/mol. The summed E-state index contributed by atoms with van der Waals surface area (Å²) in [7, 11) is 0. The number of aliphatic imine (C=N–C) groups is 1. The van der Waals surface area contributed by atoms with E-state index in [-0.39, 0.29) is 5.88 Å². The lowest BCUT2D eigenvalue weighted by Crippen LogP contribution is -2.12. The van der Waals surface area contributed by atoms with Crippen molar-refractivity contribution in [2.24, 2.45) is 10.7 Å². The summed E-state index contributed by atoms with van der Waals surface area (Å²) in [4.78, 5) is 8.87. The summed E-state index contributed by atoms with van der Waals surface area (Å²) in [6.45, 7) is 0. The standard InChI is InChI=1S/C15H13ClN4S/c16-8-14(18)19-11-3-1-2-9(6-11)15-20-12-5-4-10(17)7-13(12)21-15/h1-7H,8,17H2,(H2,18,19). The van der Waals surface area contributed by atoms with Gasteiger partial charge in [-0.25, -0.2) is 9.98 Å². The Hall–Kier alpha value is -2.11. The number of anilines is 1. The van der Waals surface area contributed by atoms with Crippen LogP contribution < -0.4 is 11.5 Å². The van der Waals surface area contributed by atoms with Crippen molar-refractivity contribution in [3.63, 3.8) is 0 Å². The van der Waals surface area contributed by atoms with E-state index in [2.05, 4.69) is 9.98 Å². The van der Waals surface area contributed by atoms with E-state index in [0.29, 0.717) is 5.84 Å². The summed E-state index contributed by atoms with van der Waals surface area (Å²) in [5, 5.41) is 0.928. The number of benzene rings is 2. The Labute approximate surface area is 131 Å². The summed E-state index contributed by atoms with van der Waals surface area (Å²) in [5.74, 6) is 0.607. The first-order valence-electron chi connectivity index (χ1n) is 6.31. The highest BCUT2D eigenvalue weighted by molar-refractivity contribution is 7.21. The van der Waals surface area contributed by atoms with E-state index in [1.54, 1.807) is 11.3 Å². The van der Waals surface area contributed by atoms with E-state index >= 15 is 0 Å². The van der Waals surface area contributed by atoms with E-state index < -0.39 is 0 Å². The number of nitrogens with zero attached hydrogens (tertiary/aromatic N) is 2. The van der Waals surface area contributed by atoms with Gasteiger partial charge >= 0.3 is 0 Å². The molecule has 0 fully saturated rings. The van der Waals surface area contributed by atoms with Crippen LogP contribution in [0.25, 0.3) is 20.8 Å². The molecule has 4 N–H and O–H groups in total. The van der Waals surface area contributed by atoms with Gasteiger partial charge in [-0.05, 0) is 30.3 Å². The fraction of sp³-hybridized carbons (Fsp3) is 0.0667. The highest BCUT2D eigenvalue weighted by Crippen LogP contribution is 2.32. The number of hydrogen-bond acceptors (Lipinski definition) is 4. The minimum absolute atomic E-state index is 0.213. The fourth-order valence-electron chi connectivity index (χ4n) is 1.97. The summed E-state index contributed by atoms with van der Waals surface area (Å²) < 4.78 is 1.07. The molecule has 0 bridgehead atoms. The van der Waals surface area contributed by atoms with E-state index in [9.17, 15) is 0 Å². The van der Waals surface area contributed by atoms with Gasteiger partial charge in [-0.3, -0.25) is 0 Å². The van der Waals surface area contributed by atoms with Crippen molar-refractivity contribution in [1.29, 1.82) is 0 Å². The van der Waals surface area contributed by atoms with Crippen LogP contribution in [0.2, 0.25) is 0 Å². The van der Waals surface area contributed by atoms with Gasteiger partial charge in [0.25, 0.3) is 0 Å². The first kappa shape index (κ1) is 13.9. The number of rotatable bonds is 3. The molecule has 0 unspecified atom stereocenters. The quantitative estimate of drug-likeness (QED) is 0.334. The second kappa shape index (κ2) is 5.71. The third kappa shape index (κ3) is 2.99. The van der Waals surface area contributed by atoms with Crippen LogP contribution in [-0.4, -0.2) is 16.7 Å². The highest BCUT2D eigenvalue weighted by atomic mass is 35.5. The van der Waals surface area contributed by atoms with Crippen LogP contribution in [0.5, 0.6) is 0 Å². The molecule has 1 heterocycles. The molecule has 0 aliphatic carbocycles. The summed E-state index contributed by atoms with van der Waals surface area (Å²) in [5.41, 5.74) is 14.9. The molecule has 1 aromatic heterocycles. The Morgan fingerprint density at radius 3 is 2.90 bits per heavy atom. The molecule has 0 spiro atoms. The molecule has 0 atom stereocenters. The maximum atomic E-state index is 5.80. The van der Waals surface area contributed by atoms with Crippen molar-refractivity contribution in [3.8, 4) is 10.6 Å². The zero-order chi connectivity index (χ0) is 14.8. The van der Waals surface area contributed by atoms with E-state index in [1.807, 2.05) is 42.5 Å². The van der Waals surface area contributed by atoms with Gasteiger partial charge < -0.3 is 11.5 Å².